The number of pyridine rings is 2. The van der Waals surface area contributed by atoms with Gasteiger partial charge in [0.1, 0.15) is 5.56 Å². The summed E-state index contributed by atoms with van der Waals surface area (Å²) in [6.45, 7) is 6.02. The second-order valence-corrected chi connectivity index (χ2v) is 5.79. The highest BCUT2D eigenvalue weighted by Gasteiger charge is 2.17. The molecule has 0 fully saturated rings. The van der Waals surface area contributed by atoms with Gasteiger partial charge in [-0.3, -0.25) is 0 Å². The number of carbonyl (C=O) groups excluding carboxylic acids is 1. The smallest absolute Gasteiger partial charge is 0.341 e. The van der Waals surface area contributed by atoms with Crippen molar-refractivity contribution in [2.45, 2.75) is 20.8 Å². The molecule has 3 rings (SSSR count). The number of methoxy groups -OCH3 is 1. The number of hydrogen-bond acceptors (Lipinski definition) is 5. The fraction of sp³-hybridized carbons (Fsp3) is 0.211. The lowest BCUT2D eigenvalue weighted by Crippen LogP contribution is -2.08. The first-order valence-corrected chi connectivity index (χ1v) is 7.68. The van der Waals surface area contributed by atoms with E-state index in [9.17, 15) is 4.79 Å². The van der Waals surface area contributed by atoms with E-state index in [1.165, 1.54) is 24.4 Å². The summed E-state index contributed by atoms with van der Waals surface area (Å²) >= 11 is 0. The SMILES string of the molecule is COC(=O)c1cnc2nc(C)ccc2c1Nc1ccc(C)c(C)c1. The van der Waals surface area contributed by atoms with E-state index in [4.69, 9.17) is 4.74 Å². The van der Waals surface area contributed by atoms with Gasteiger partial charge in [0.2, 0.25) is 0 Å². The molecule has 1 aromatic carbocycles. The van der Waals surface area contributed by atoms with Crippen molar-refractivity contribution < 1.29 is 9.53 Å². The van der Waals surface area contributed by atoms with Crippen LogP contribution in [0.3, 0.4) is 0 Å². The first-order chi connectivity index (χ1) is 11.5. The van der Waals surface area contributed by atoms with Gasteiger partial charge < -0.3 is 10.1 Å². The van der Waals surface area contributed by atoms with Crippen LogP contribution < -0.4 is 5.32 Å². The van der Waals surface area contributed by atoms with E-state index in [-0.39, 0.29) is 0 Å². The maximum Gasteiger partial charge on any atom is 0.341 e. The Balaban J connectivity index is 2.18. The predicted octanol–water partition coefficient (Wildman–Crippen LogP) is 4.09. The number of esters is 1. The monoisotopic (exact) mass is 321 g/mol. The number of fused-ring (bicyclic) bond motifs is 1. The molecule has 0 aliphatic carbocycles. The topological polar surface area (TPSA) is 64.1 Å². The summed E-state index contributed by atoms with van der Waals surface area (Å²) in [5.41, 5.74) is 5.79. The van der Waals surface area contributed by atoms with Crippen LogP contribution >= 0.6 is 0 Å². The van der Waals surface area contributed by atoms with Crippen LogP contribution in [-0.4, -0.2) is 23.0 Å². The lowest BCUT2D eigenvalue weighted by Gasteiger charge is -2.14. The van der Waals surface area contributed by atoms with Crippen molar-refractivity contribution in [1.29, 1.82) is 0 Å². The molecule has 0 saturated heterocycles. The van der Waals surface area contributed by atoms with Gasteiger partial charge in [0.15, 0.2) is 5.65 Å². The van der Waals surface area contributed by atoms with Crippen molar-refractivity contribution in [1.82, 2.24) is 9.97 Å². The maximum absolute atomic E-state index is 12.1. The summed E-state index contributed by atoms with van der Waals surface area (Å²) in [5.74, 6) is -0.434. The predicted molar refractivity (Wildman–Crippen MR) is 94.8 cm³/mol. The Labute approximate surface area is 140 Å². The van der Waals surface area contributed by atoms with Crippen molar-refractivity contribution in [3.8, 4) is 0 Å². The van der Waals surface area contributed by atoms with Gasteiger partial charge in [-0.15, -0.1) is 0 Å². The average molecular weight is 321 g/mol. The van der Waals surface area contributed by atoms with Gasteiger partial charge in [-0.25, -0.2) is 14.8 Å². The van der Waals surface area contributed by atoms with E-state index < -0.39 is 5.97 Å². The molecule has 0 atom stereocenters. The van der Waals surface area contributed by atoms with Crippen LogP contribution in [0.25, 0.3) is 11.0 Å². The van der Waals surface area contributed by atoms with Gasteiger partial charge in [-0.2, -0.15) is 0 Å². The Bertz CT molecular complexity index is 935. The second-order valence-electron chi connectivity index (χ2n) is 5.79. The number of aromatic nitrogens is 2. The number of ether oxygens (including phenoxy) is 1. The summed E-state index contributed by atoms with van der Waals surface area (Å²) in [6.07, 6.45) is 1.50. The van der Waals surface area contributed by atoms with Crippen molar-refractivity contribution >= 4 is 28.4 Å². The highest BCUT2D eigenvalue weighted by Crippen LogP contribution is 2.29. The van der Waals surface area contributed by atoms with E-state index in [1.807, 2.05) is 37.3 Å². The molecule has 0 bridgehead atoms. The number of nitrogens with one attached hydrogen (secondary N) is 1. The number of carbonyl (C=O) groups is 1. The zero-order valence-corrected chi connectivity index (χ0v) is 14.2. The molecule has 2 aromatic heterocycles. The Morgan fingerprint density at radius 1 is 1.08 bits per heavy atom. The zero-order valence-electron chi connectivity index (χ0n) is 14.2. The molecule has 0 radical (unpaired) electrons. The second kappa shape index (κ2) is 6.28. The van der Waals surface area contributed by atoms with Crippen LogP contribution in [0.15, 0.2) is 36.5 Å². The first-order valence-electron chi connectivity index (χ1n) is 7.68. The Morgan fingerprint density at radius 2 is 1.88 bits per heavy atom. The van der Waals surface area contributed by atoms with E-state index >= 15 is 0 Å². The molecule has 3 aromatic rings. The van der Waals surface area contributed by atoms with Gasteiger partial charge in [0.25, 0.3) is 0 Å². The largest absolute Gasteiger partial charge is 0.465 e. The van der Waals surface area contributed by atoms with Gasteiger partial charge in [0.05, 0.1) is 12.8 Å². The summed E-state index contributed by atoms with van der Waals surface area (Å²) in [6, 6.07) is 9.89. The number of nitrogens with zero attached hydrogens (tertiary/aromatic N) is 2. The normalized spacial score (nSPS) is 10.7. The summed E-state index contributed by atoms with van der Waals surface area (Å²) in [5, 5.41) is 4.12. The standard InChI is InChI=1S/C19H19N3O2/c1-11-5-7-14(9-12(11)2)22-17-15-8-6-13(3)21-18(15)20-10-16(17)19(23)24-4/h5-10H,1-4H3,(H,20,21,22). The molecule has 122 valence electrons. The molecule has 0 amide bonds. The van der Waals surface area contributed by atoms with Crippen LogP contribution in [0.4, 0.5) is 11.4 Å². The molecule has 5 nitrogen and oxygen atoms in total. The number of rotatable bonds is 3. The third-order valence-corrected chi connectivity index (χ3v) is 4.05. The zero-order chi connectivity index (χ0) is 17.3. The highest BCUT2D eigenvalue weighted by atomic mass is 16.5. The molecule has 0 spiro atoms. The van der Waals surface area contributed by atoms with Gasteiger partial charge in [0, 0.05) is 23.0 Å². The van der Waals surface area contributed by atoms with E-state index in [2.05, 4.69) is 29.1 Å². The van der Waals surface area contributed by atoms with Crippen LogP contribution in [0.2, 0.25) is 0 Å². The minimum atomic E-state index is -0.434. The van der Waals surface area contributed by atoms with Crippen molar-refractivity contribution in [3.05, 3.63) is 58.9 Å². The van der Waals surface area contributed by atoms with E-state index in [1.54, 1.807) is 0 Å². The molecule has 0 aliphatic rings. The molecule has 0 saturated carbocycles. The van der Waals surface area contributed by atoms with Crippen LogP contribution in [0.1, 0.15) is 27.2 Å². The first kappa shape index (κ1) is 15.9. The third-order valence-electron chi connectivity index (χ3n) is 4.05. The third kappa shape index (κ3) is 2.93. The molecule has 24 heavy (non-hydrogen) atoms. The van der Waals surface area contributed by atoms with Gasteiger partial charge in [-0.05, 0) is 56.2 Å². The van der Waals surface area contributed by atoms with Crippen LogP contribution in [0, 0.1) is 20.8 Å². The Kier molecular flexibility index (Phi) is 4.16. The summed E-state index contributed by atoms with van der Waals surface area (Å²) in [4.78, 5) is 20.9. The van der Waals surface area contributed by atoms with Crippen molar-refractivity contribution in [2.24, 2.45) is 0 Å². The van der Waals surface area contributed by atoms with Gasteiger partial charge in [-0.1, -0.05) is 6.07 Å². The minimum absolute atomic E-state index is 0.383. The fourth-order valence-electron chi connectivity index (χ4n) is 2.53. The lowest BCUT2D eigenvalue weighted by molar-refractivity contribution is 0.0601. The molecule has 0 aliphatic heterocycles. The molecule has 0 unspecified atom stereocenters. The lowest BCUT2D eigenvalue weighted by atomic mass is 10.1. The molecular weight excluding hydrogens is 302 g/mol. The van der Waals surface area contributed by atoms with Crippen molar-refractivity contribution in [3.63, 3.8) is 0 Å². The quantitative estimate of drug-likeness (QED) is 0.736. The number of benzene rings is 1. The minimum Gasteiger partial charge on any atom is -0.465 e. The number of aryl methyl sites for hydroxylation is 3. The van der Waals surface area contributed by atoms with E-state index in [0.29, 0.717) is 16.9 Å². The number of hydrogen-bond donors (Lipinski definition) is 1. The molecular formula is C19H19N3O2. The van der Waals surface area contributed by atoms with Crippen LogP contribution in [0.5, 0.6) is 0 Å². The Hall–Kier alpha value is -2.95. The van der Waals surface area contributed by atoms with Crippen LogP contribution in [-0.2, 0) is 4.74 Å². The highest BCUT2D eigenvalue weighted by molar-refractivity contribution is 6.05. The number of anilines is 2. The molecule has 1 N–H and O–H groups in total. The summed E-state index contributed by atoms with van der Waals surface area (Å²) < 4.78 is 4.89. The summed E-state index contributed by atoms with van der Waals surface area (Å²) in [7, 11) is 1.36. The molecule has 2 heterocycles. The molecule has 5 heteroatoms. The fourth-order valence-corrected chi connectivity index (χ4v) is 2.53. The average Bonchev–Trinajstić information content (AvgIpc) is 2.57. The van der Waals surface area contributed by atoms with E-state index in [0.717, 1.165) is 16.8 Å². The van der Waals surface area contributed by atoms with Crippen molar-refractivity contribution in [2.75, 3.05) is 12.4 Å². The maximum atomic E-state index is 12.1. The Morgan fingerprint density at radius 3 is 2.58 bits per heavy atom. The van der Waals surface area contributed by atoms with Gasteiger partial charge >= 0.3 is 5.97 Å².